The number of methoxy groups -OCH3 is 5. The second-order valence-corrected chi connectivity index (χ2v) is 20.1. The maximum atomic E-state index is 13.5. The van der Waals surface area contributed by atoms with E-state index in [9.17, 15) is 20.2 Å². The van der Waals surface area contributed by atoms with Gasteiger partial charge in [-0.2, -0.15) is 0 Å². The number of non-ortho nitro benzene ring substituents is 1. The molecule has 0 aromatic heterocycles. The molecule has 2 saturated carbocycles. The first-order valence-corrected chi connectivity index (χ1v) is 27.4. The van der Waals surface area contributed by atoms with Gasteiger partial charge in [-0.3, -0.25) is 20.2 Å². The zero-order valence-electron chi connectivity index (χ0n) is 46.2. The Kier molecular flexibility index (Phi) is 18.5. The van der Waals surface area contributed by atoms with Crippen molar-refractivity contribution in [3.05, 3.63) is 249 Å². The summed E-state index contributed by atoms with van der Waals surface area (Å²) >= 11 is 0. The fourth-order valence-corrected chi connectivity index (χ4v) is 11.5. The number of para-hydroxylation sites is 1. The van der Waals surface area contributed by atoms with Gasteiger partial charge in [0.25, 0.3) is 11.4 Å². The molecule has 11 nitrogen and oxygen atoms in total. The molecule has 80 heavy (non-hydrogen) atoms. The molecule has 3 aliphatic rings. The van der Waals surface area contributed by atoms with Gasteiger partial charge in [0.2, 0.25) is 0 Å². The van der Waals surface area contributed by atoms with Gasteiger partial charge in [-0.25, -0.2) is 0 Å². The molecule has 0 spiro atoms. The molecule has 0 N–H and O–H groups in total. The monoisotopic (exact) mass is 1070 g/mol. The quantitative estimate of drug-likeness (QED) is 0.0528. The first-order chi connectivity index (χ1) is 39.1. The fraction of sp³-hybridized carbons (Fsp3) is 0.246. The molecule has 0 heterocycles. The second-order valence-electron chi connectivity index (χ2n) is 20.1. The third-order valence-corrected chi connectivity index (χ3v) is 15.4. The maximum absolute atomic E-state index is 13.5. The van der Waals surface area contributed by atoms with Crippen molar-refractivity contribution in [3.63, 3.8) is 0 Å². The van der Waals surface area contributed by atoms with Crippen LogP contribution in [0.2, 0.25) is 0 Å². The first-order valence-electron chi connectivity index (χ1n) is 27.4. The Morgan fingerprint density at radius 2 is 1.07 bits per heavy atom. The van der Waals surface area contributed by atoms with E-state index in [0.29, 0.717) is 39.5 Å². The molecule has 408 valence electrons. The lowest BCUT2D eigenvalue weighted by Crippen LogP contribution is -2.33. The van der Waals surface area contributed by atoms with Gasteiger partial charge < -0.3 is 23.7 Å². The number of nitro groups is 2. The van der Waals surface area contributed by atoms with Crippen LogP contribution < -0.4 is 29.4 Å². The minimum absolute atomic E-state index is 0.0375. The van der Waals surface area contributed by atoms with Crippen LogP contribution in [0.3, 0.4) is 0 Å². The van der Waals surface area contributed by atoms with Crippen LogP contribution in [0.1, 0.15) is 97.6 Å². The van der Waals surface area contributed by atoms with Gasteiger partial charge in [0.1, 0.15) is 17.3 Å². The number of hydrogen-bond acceptors (Lipinski definition) is 9. The highest BCUT2D eigenvalue weighted by Crippen LogP contribution is 2.48. The molecule has 0 aliphatic heterocycles. The number of allylic oxidation sites excluding steroid dienone is 7. The van der Waals surface area contributed by atoms with Gasteiger partial charge in [0.05, 0.1) is 62.1 Å². The van der Waals surface area contributed by atoms with E-state index in [1.54, 1.807) is 65.9 Å². The third kappa shape index (κ3) is 12.8. The molecule has 0 amide bonds. The zero-order valence-corrected chi connectivity index (χ0v) is 46.2. The number of benzene rings is 6. The number of hydrogen-bond donors (Lipinski definition) is 0. The van der Waals surface area contributed by atoms with E-state index < -0.39 is 11.8 Å². The molecule has 0 bridgehead atoms. The summed E-state index contributed by atoms with van der Waals surface area (Å²) in [7, 11) is 8.10. The summed E-state index contributed by atoms with van der Waals surface area (Å²) in [4.78, 5) is 25.4. The molecular formula is C69H68N2O9. The van der Waals surface area contributed by atoms with Crippen LogP contribution in [0, 0.1) is 32.1 Å². The van der Waals surface area contributed by atoms with E-state index in [1.165, 1.54) is 23.6 Å². The van der Waals surface area contributed by atoms with Crippen molar-refractivity contribution in [1.29, 1.82) is 0 Å². The van der Waals surface area contributed by atoms with E-state index in [2.05, 4.69) is 42.5 Å². The van der Waals surface area contributed by atoms with Gasteiger partial charge in [0, 0.05) is 35.3 Å². The molecule has 6 aromatic carbocycles. The number of rotatable bonds is 16. The standard InChI is InChI=1S/C69H68N2O9/c1-76-54-36-32-53(66(46-54)78-3)45-62-56(38-33-51-35-40-64(71(74)75)68(60(51)42-47-20-10-6-11-21-47)57-28-17-9-16-27-55(57)50-24-14-8-15-25-50)61(43-48-22-12-7-13-23-48)58(37-30-49-31-41-65(77-2)67(44-49)79-4)69(80-5)59(62)39-34-52-26-18-19-29-63(52)70(72)73/h6-7,10-13,18-23,26,29-46,56,59H,8-9,14-17,24-25,27-28H2,1-5H3. The second kappa shape index (κ2) is 26.6. The summed E-state index contributed by atoms with van der Waals surface area (Å²) in [6.07, 6.45) is 28.7. The number of ether oxygens (including phenoxy) is 5. The summed E-state index contributed by atoms with van der Waals surface area (Å²) < 4.78 is 29.7. The van der Waals surface area contributed by atoms with Crippen molar-refractivity contribution in [2.45, 2.75) is 64.2 Å². The predicted octanol–water partition coefficient (Wildman–Crippen LogP) is 15.5. The number of nitro benzene ring substituents is 2. The Hall–Kier alpha value is -8.96. The fourth-order valence-electron chi connectivity index (χ4n) is 11.5. The third-order valence-electron chi connectivity index (χ3n) is 15.4. The summed E-state index contributed by atoms with van der Waals surface area (Å²) in [5.41, 5.74) is 11.1. The van der Waals surface area contributed by atoms with Crippen LogP contribution in [0.4, 0.5) is 11.4 Å². The molecule has 11 heteroatoms. The normalized spacial score (nSPS) is 19.0. The largest absolute Gasteiger partial charge is 0.499 e. The molecular weight excluding hydrogens is 1000 g/mol. The molecule has 0 saturated heterocycles. The Bertz CT molecular complexity index is 3600. The lowest BCUT2D eigenvalue weighted by atomic mass is 9.71. The van der Waals surface area contributed by atoms with Crippen molar-refractivity contribution in [3.8, 4) is 23.0 Å². The van der Waals surface area contributed by atoms with Gasteiger partial charge >= 0.3 is 0 Å². The molecule has 2 unspecified atom stereocenters. The Morgan fingerprint density at radius 1 is 0.463 bits per heavy atom. The van der Waals surface area contributed by atoms with Crippen LogP contribution in [-0.2, 0) is 4.74 Å². The van der Waals surface area contributed by atoms with E-state index in [-0.39, 0.29) is 21.2 Å². The topological polar surface area (TPSA) is 132 Å². The minimum atomic E-state index is -0.631. The summed E-state index contributed by atoms with van der Waals surface area (Å²) in [5.74, 6) is 1.76. The molecule has 0 radical (unpaired) electrons. The van der Waals surface area contributed by atoms with Crippen molar-refractivity contribution >= 4 is 53.4 Å². The molecule has 3 aliphatic carbocycles. The zero-order chi connectivity index (χ0) is 56.0. The highest BCUT2D eigenvalue weighted by atomic mass is 16.6. The summed E-state index contributed by atoms with van der Waals surface area (Å²) in [6.45, 7) is 0. The highest BCUT2D eigenvalue weighted by Gasteiger charge is 2.36. The summed E-state index contributed by atoms with van der Waals surface area (Å²) in [5, 5.41) is 27.5. The first kappa shape index (κ1) is 55.8. The Labute approximate surface area is 468 Å². The SMILES string of the molecule is COC1=C(C=Cc2ccc(OC)c(OC)c2)C(=Cc2ccccc2)C(C=Cc2ccc([N+](=O)[O-])c(=C3CCCCCC3=C3CCCCC3)c2=Cc2ccccc2)C(=Cc2ccc(OC)cc2OC)C1C=Cc1ccccc1[N+](=O)[O-]. The van der Waals surface area contributed by atoms with Gasteiger partial charge in [-0.1, -0.05) is 146 Å². The van der Waals surface area contributed by atoms with E-state index in [1.807, 2.05) is 109 Å². The van der Waals surface area contributed by atoms with Gasteiger partial charge in [0.15, 0.2) is 11.5 Å². The average Bonchev–Trinajstić information content (AvgIpc) is 3.87. The van der Waals surface area contributed by atoms with E-state index >= 15 is 0 Å². The van der Waals surface area contributed by atoms with Crippen LogP contribution in [0.5, 0.6) is 23.0 Å². The molecule has 2 fully saturated rings. The van der Waals surface area contributed by atoms with Crippen molar-refractivity contribution < 1.29 is 33.5 Å². The van der Waals surface area contributed by atoms with Crippen molar-refractivity contribution in [2.24, 2.45) is 11.8 Å². The smallest absolute Gasteiger partial charge is 0.277 e. The van der Waals surface area contributed by atoms with Crippen molar-refractivity contribution in [1.82, 2.24) is 0 Å². The Balaban J connectivity index is 1.40. The van der Waals surface area contributed by atoms with Crippen LogP contribution >= 0.6 is 0 Å². The van der Waals surface area contributed by atoms with E-state index in [4.69, 9.17) is 23.7 Å². The lowest BCUT2D eigenvalue weighted by Gasteiger charge is -2.35. The van der Waals surface area contributed by atoms with Crippen LogP contribution in [0.25, 0.3) is 42.0 Å². The number of nitrogens with zero attached hydrogens (tertiary/aromatic N) is 2. The molecule has 2 atom stereocenters. The van der Waals surface area contributed by atoms with Crippen LogP contribution in [-0.4, -0.2) is 45.4 Å². The van der Waals surface area contributed by atoms with Crippen molar-refractivity contribution in [2.75, 3.05) is 35.5 Å². The predicted molar refractivity (Wildman–Crippen MR) is 322 cm³/mol. The highest BCUT2D eigenvalue weighted by molar-refractivity contribution is 5.78. The average molecular weight is 1070 g/mol. The lowest BCUT2D eigenvalue weighted by molar-refractivity contribution is -0.386. The maximum Gasteiger partial charge on any atom is 0.277 e. The summed E-state index contributed by atoms with van der Waals surface area (Å²) in [6, 6.07) is 41.8. The minimum Gasteiger partial charge on any atom is -0.499 e. The van der Waals surface area contributed by atoms with Gasteiger partial charge in [-0.15, -0.1) is 0 Å². The molecule has 9 rings (SSSR count). The molecule has 6 aromatic rings. The van der Waals surface area contributed by atoms with Crippen LogP contribution in [0.15, 0.2) is 185 Å². The van der Waals surface area contributed by atoms with Gasteiger partial charge in [-0.05, 0) is 144 Å². The van der Waals surface area contributed by atoms with E-state index in [0.717, 1.165) is 113 Å². The Morgan fingerprint density at radius 3 is 1.74 bits per heavy atom.